The van der Waals surface area contributed by atoms with Crippen LogP contribution in [0, 0.1) is 18.8 Å². The molecule has 0 aliphatic heterocycles. The molecule has 0 aliphatic rings. The molecule has 2 aromatic heterocycles. The smallest absolute Gasteiger partial charge is 0.113 e. The summed E-state index contributed by atoms with van der Waals surface area (Å²) in [6.45, 7) is 2.08. The Morgan fingerprint density at radius 2 is 1.62 bits per heavy atom. The number of benzene rings is 2. The van der Waals surface area contributed by atoms with Crippen molar-refractivity contribution in [3.05, 3.63) is 94.9 Å². The number of hydrogen-bond acceptors (Lipinski definition) is 2. The van der Waals surface area contributed by atoms with Crippen LogP contribution in [0.4, 0.5) is 0 Å². The molecule has 0 N–H and O–H groups in total. The van der Waals surface area contributed by atoms with Crippen LogP contribution >= 0.6 is 11.6 Å². The molecule has 4 rings (SSSR count). The summed E-state index contributed by atoms with van der Waals surface area (Å²) < 4.78 is 0. The number of aromatic nitrogens is 2. The molecule has 0 saturated heterocycles. The van der Waals surface area contributed by atoms with Crippen molar-refractivity contribution in [1.29, 1.82) is 0 Å². The first-order chi connectivity index (χ1) is 12.7. The molecule has 2 aromatic carbocycles. The van der Waals surface area contributed by atoms with E-state index in [1.165, 1.54) is 5.56 Å². The van der Waals surface area contributed by atoms with E-state index in [2.05, 4.69) is 34.8 Å². The highest BCUT2D eigenvalue weighted by Gasteiger charge is 2.00. The van der Waals surface area contributed by atoms with Crippen molar-refractivity contribution in [2.45, 2.75) is 6.92 Å². The fourth-order valence-corrected chi connectivity index (χ4v) is 2.90. The average Bonchev–Trinajstić information content (AvgIpc) is 2.68. The van der Waals surface area contributed by atoms with E-state index < -0.39 is 0 Å². The Kier molecular flexibility index (Phi) is 4.39. The number of fused-ring (bicyclic) bond motifs is 1. The van der Waals surface area contributed by atoms with Gasteiger partial charge < -0.3 is 0 Å². The van der Waals surface area contributed by atoms with Crippen molar-refractivity contribution in [2.75, 3.05) is 0 Å². The van der Waals surface area contributed by atoms with Crippen LogP contribution in [0.5, 0.6) is 0 Å². The van der Waals surface area contributed by atoms with Gasteiger partial charge in [-0.25, -0.2) is 4.98 Å². The van der Waals surface area contributed by atoms with E-state index in [1.807, 2.05) is 67.0 Å². The van der Waals surface area contributed by atoms with Crippen molar-refractivity contribution in [3.8, 4) is 23.0 Å². The fourth-order valence-electron chi connectivity index (χ4n) is 2.78. The van der Waals surface area contributed by atoms with Gasteiger partial charge in [-0.2, -0.15) is 0 Å². The molecule has 0 saturated carbocycles. The van der Waals surface area contributed by atoms with Crippen molar-refractivity contribution in [3.63, 3.8) is 0 Å². The summed E-state index contributed by atoms with van der Waals surface area (Å²) in [7, 11) is 0. The zero-order valence-corrected chi connectivity index (χ0v) is 15.0. The van der Waals surface area contributed by atoms with Gasteiger partial charge in [-0.1, -0.05) is 35.7 Å². The standard InChI is InChI=1S/C23H15ClN2/c1-16-12-13-25-23-11-3-17(14-22(16)23)2-9-21-10-6-19(15-26-21)18-4-7-20(24)8-5-18/h3-8,10-15H,1H3. The molecule has 26 heavy (non-hydrogen) atoms. The van der Waals surface area contributed by atoms with Crippen LogP contribution in [-0.2, 0) is 0 Å². The lowest BCUT2D eigenvalue weighted by Crippen LogP contribution is -1.86. The third-order valence-corrected chi connectivity index (χ3v) is 4.49. The lowest BCUT2D eigenvalue weighted by atomic mass is 10.1. The molecule has 124 valence electrons. The maximum atomic E-state index is 5.93. The molecular weight excluding hydrogens is 340 g/mol. The van der Waals surface area contributed by atoms with Gasteiger partial charge in [0.25, 0.3) is 0 Å². The lowest BCUT2D eigenvalue weighted by Gasteiger charge is -2.02. The summed E-state index contributed by atoms with van der Waals surface area (Å²) in [5, 5.41) is 1.86. The van der Waals surface area contributed by atoms with E-state index in [1.54, 1.807) is 0 Å². The summed E-state index contributed by atoms with van der Waals surface area (Å²) in [5.74, 6) is 6.32. The SMILES string of the molecule is Cc1ccnc2ccc(C#Cc3ccc(-c4ccc(Cl)cc4)cn3)cc12. The third-order valence-electron chi connectivity index (χ3n) is 4.24. The molecule has 0 fully saturated rings. The largest absolute Gasteiger partial charge is 0.256 e. The van der Waals surface area contributed by atoms with Gasteiger partial charge in [0, 0.05) is 33.9 Å². The predicted molar refractivity (Wildman–Crippen MR) is 107 cm³/mol. The topological polar surface area (TPSA) is 25.8 Å². The predicted octanol–water partition coefficient (Wildman–Crippen LogP) is 5.66. The Labute approximate surface area is 157 Å². The van der Waals surface area contributed by atoms with Crippen molar-refractivity contribution in [2.24, 2.45) is 0 Å². The Morgan fingerprint density at radius 1 is 0.808 bits per heavy atom. The minimum atomic E-state index is 0.727. The summed E-state index contributed by atoms with van der Waals surface area (Å²) >= 11 is 5.93. The van der Waals surface area contributed by atoms with E-state index in [0.717, 1.165) is 38.3 Å². The second-order valence-corrected chi connectivity index (χ2v) is 6.49. The number of rotatable bonds is 1. The third kappa shape index (κ3) is 3.44. The molecule has 0 spiro atoms. The molecule has 0 unspecified atom stereocenters. The summed E-state index contributed by atoms with van der Waals surface area (Å²) in [4.78, 5) is 8.83. The number of aryl methyl sites for hydroxylation is 1. The Bertz CT molecular complexity index is 1130. The van der Waals surface area contributed by atoms with Crippen LogP contribution in [0.3, 0.4) is 0 Å². The maximum Gasteiger partial charge on any atom is 0.113 e. The molecule has 0 aliphatic carbocycles. The Balaban J connectivity index is 1.60. The van der Waals surface area contributed by atoms with Gasteiger partial charge in [-0.3, -0.25) is 4.98 Å². The molecule has 0 radical (unpaired) electrons. The van der Waals surface area contributed by atoms with Crippen molar-refractivity contribution in [1.82, 2.24) is 9.97 Å². The average molecular weight is 355 g/mol. The lowest BCUT2D eigenvalue weighted by molar-refractivity contribution is 1.29. The zero-order valence-electron chi connectivity index (χ0n) is 14.2. The van der Waals surface area contributed by atoms with Crippen LogP contribution in [0.15, 0.2) is 73.1 Å². The first-order valence-electron chi connectivity index (χ1n) is 8.28. The van der Waals surface area contributed by atoms with Crippen molar-refractivity contribution >= 4 is 22.5 Å². The van der Waals surface area contributed by atoms with Gasteiger partial charge >= 0.3 is 0 Å². The quantitative estimate of drug-likeness (QED) is 0.412. The monoisotopic (exact) mass is 354 g/mol. The molecule has 0 amide bonds. The van der Waals surface area contributed by atoms with E-state index in [0.29, 0.717) is 0 Å². The number of hydrogen-bond donors (Lipinski definition) is 0. The van der Waals surface area contributed by atoms with Crippen LogP contribution in [0.1, 0.15) is 16.8 Å². The minimum absolute atomic E-state index is 0.727. The first-order valence-corrected chi connectivity index (χ1v) is 8.66. The van der Waals surface area contributed by atoms with Gasteiger partial charge in [0.1, 0.15) is 5.69 Å². The molecule has 2 nitrogen and oxygen atoms in total. The van der Waals surface area contributed by atoms with Gasteiger partial charge in [0.15, 0.2) is 0 Å². The van der Waals surface area contributed by atoms with Crippen molar-refractivity contribution < 1.29 is 0 Å². The molecule has 0 bridgehead atoms. The van der Waals surface area contributed by atoms with Crippen LogP contribution < -0.4 is 0 Å². The van der Waals surface area contributed by atoms with E-state index in [-0.39, 0.29) is 0 Å². The summed E-state index contributed by atoms with van der Waals surface area (Å²) in [6.07, 6.45) is 3.66. The van der Waals surface area contributed by atoms with Gasteiger partial charge in [0.05, 0.1) is 5.52 Å². The minimum Gasteiger partial charge on any atom is -0.256 e. The van der Waals surface area contributed by atoms with Crippen LogP contribution in [-0.4, -0.2) is 9.97 Å². The van der Waals surface area contributed by atoms with Crippen LogP contribution in [0.2, 0.25) is 5.02 Å². The zero-order chi connectivity index (χ0) is 17.9. The van der Waals surface area contributed by atoms with Crippen LogP contribution in [0.25, 0.3) is 22.0 Å². The number of halogens is 1. The second kappa shape index (κ2) is 7.00. The highest BCUT2D eigenvalue weighted by atomic mass is 35.5. The Morgan fingerprint density at radius 3 is 2.38 bits per heavy atom. The highest BCUT2D eigenvalue weighted by Crippen LogP contribution is 2.21. The molecule has 0 atom stereocenters. The molecular formula is C23H15ClN2. The van der Waals surface area contributed by atoms with E-state index in [9.17, 15) is 0 Å². The highest BCUT2D eigenvalue weighted by molar-refractivity contribution is 6.30. The second-order valence-electron chi connectivity index (χ2n) is 6.05. The summed E-state index contributed by atoms with van der Waals surface area (Å²) in [6, 6.07) is 19.8. The van der Waals surface area contributed by atoms with Gasteiger partial charge in [-0.15, -0.1) is 0 Å². The molecule has 4 aromatic rings. The Hall–Kier alpha value is -3.15. The summed E-state index contributed by atoms with van der Waals surface area (Å²) in [5.41, 5.74) is 6.01. The molecule has 3 heteroatoms. The first kappa shape index (κ1) is 16.3. The fraction of sp³-hybridized carbons (Fsp3) is 0.0435. The van der Waals surface area contributed by atoms with Gasteiger partial charge in [-0.05, 0) is 66.4 Å². The van der Waals surface area contributed by atoms with Gasteiger partial charge in [0.2, 0.25) is 0 Å². The van der Waals surface area contributed by atoms with E-state index in [4.69, 9.17) is 11.6 Å². The number of nitrogens with zero attached hydrogens (tertiary/aromatic N) is 2. The normalized spacial score (nSPS) is 10.4. The molecule has 2 heterocycles. The number of pyridine rings is 2. The maximum absolute atomic E-state index is 5.93. The van der Waals surface area contributed by atoms with E-state index >= 15 is 0 Å².